The summed E-state index contributed by atoms with van der Waals surface area (Å²) in [6.45, 7) is 1.14. The third-order valence-corrected chi connectivity index (χ3v) is 2.91. The Hall–Kier alpha value is -2.04. The van der Waals surface area contributed by atoms with E-state index in [0.717, 1.165) is 12.0 Å². The van der Waals surface area contributed by atoms with E-state index in [4.69, 9.17) is 0 Å². The lowest BCUT2D eigenvalue weighted by Gasteiger charge is -2.14. The maximum absolute atomic E-state index is 11.6. The average molecular weight is 248 g/mol. The van der Waals surface area contributed by atoms with Crippen LogP contribution in [0.15, 0.2) is 24.3 Å². The van der Waals surface area contributed by atoms with E-state index in [1.54, 1.807) is 23.1 Å². The average Bonchev–Trinajstić information content (AvgIpc) is 2.73. The summed E-state index contributed by atoms with van der Waals surface area (Å²) in [6, 6.07) is 6.72. The molecule has 18 heavy (non-hydrogen) atoms. The highest BCUT2D eigenvalue weighted by Crippen LogP contribution is 2.11. The summed E-state index contributed by atoms with van der Waals surface area (Å²) >= 11 is 0. The Labute approximate surface area is 105 Å². The molecule has 96 valence electrons. The number of nitrogens with zero attached hydrogens (tertiary/aromatic N) is 1. The second-order valence-electron chi connectivity index (χ2n) is 4.37. The van der Waals surface area contributed by atoms with Crippen LogP contribution in [0.2, 0.25) is 0 Å². The molecule has 0 unspecified atom stereocenters. The van der Waals surface area contributed by atoms with E-state index in [0.29, 0.717) is 19.5 Å². The van der Waals surface area contributed by atoms with Gasteiger partial charge < -0.3 is 15.3 Å². The Balaban J connectivity index is 1.79. The molecule has 0 aliphatic carbocycles. The van der Waals surface area contributed by atoms with Gasteiger partial charge in [0.05, 0.1) is 6.54 Å². The number of carbonyl (C=O) groups is 2. The van der Waals surface area contributed by atoms with Crippen LogP contribution in [0.3, 0.4) is 0 Å². The Bertz CT molecular complexity index is 459. The van der Waals surface area contributed by atoms with Crippen molar-refractivity contribution in [2.45, 2.75) is 19.4 Å². The van der Waals surface area contributed by atoms with Crippen LogP contribution in [0, 0.1) is 0 Å². The van der Waals surface area contributed by atoms with Crippen molar-refractivity contribution in [3.05, 3.63) is 29.8 Å². The molecule has 0 atom stereocenters. The maximum Gasteiger partial charge on any atom is 0.239 e. The largest absolute Gasteiger partial charge is 0.508 e. The first-order valence-corrected chi connectivity index (χ1v) is 5.97. The number of likely N-dealkylation sites (tertiary alicyclic amines) is 1. The van der Waals surface area contributed by atoms with E-state index < -0.39 is 0 Å². The molecule has 2 rings (SSSR count). The Morgan fingerprint density at radius 3 is 2.94 bits per heavy atom. The first kappa shape index (κ1) is 12.4. The van der Waals surface area contributed by atoms with Gasteiger partial charge >= 0.3 is 0 Å². The van der Waals surface area contributed by atoms with Crippen LogP contribution in [0.25, 0.3) is 0 Å². The zero-order chi connectivity index (χ0) is 13.0. The SMILES string of the molecule is O=C(CN1CCCC1=O)NCc1cccc(O)c1. The highest BCUT2D eigenvalue weighted by Gasteiger charge is 2.21. The van der Waals surface area contributed by atoms with Gasteiger partial charge in [-0.2, -0.15) is 0 Å². The van der Waals surface area contributed by atoms with Crippen LogP contribution in [-0.2, 0) is 16.1 Å². The summed E-state index contributed by atoms with van der Waals surface area (Å²) < 4.78 is 0. The minimum atomic E-state index is -0.173. The number of benzene rings is 1. The Kier molecular flexibility index (Phi) is 3.82. The molecule has 1 fully saturated rings. The van der Waals surface area contributed by atoms with Gasteiger partial charge in [-0.15, -0.1) is 0 Å². The van der Waals surface area contributed by atoms with Gasteiger partial charge in [0, 0.05) is 19.5 Å². The molecule has 1 aliphatic rings. The number of nitrogens with one attached hydrogen (secondary N) is 1. The lowest BCUT2D eigenvalue weighted by molar-refractivity contribution is -0.133. The van der Waals surface area contributed by atoms with Crippen molar-refractivity contribution in [2.75, 3.05) is 13.1 Å². The molecule has 0 spiro atoms. The molecule has 1 saturated heterocycles. The molecule has 0 saturated carbocycles. The number of phenols is 1. The van der Waals surface area contributed by atoms with Crippen molar-refractivity contribution in [1.82, 2.24) is 10.2 Å². The number of carbonyl (C=O) groups excluding carboxylic acids is 2. The van der Waals surface area contributed by atoms with Crippen LogP contribution < -0.4 is 5.32 Å². The molecule has 1 aliphatic heterocycles. The lowest BCUT2D eigenvalue weighted by atomic mass is 10.2. The van der Waals surface area contributed by atoms with Crippen molar-refractivity contribution in [3.8, 4) is 5.75 Å². The number of amides is 2. The van der Waals surface area contributed by atoms with Gasteiger partial charge in [-0.05, 0) is 24.1 Å². The standard InChI is InChI=1S/C13H16N2O3/c16-11-4-1-3-10(7-11)8-14-12(17)9-15-6-2-5-13(15)18/h1,3-4,7,16H,2,5-6,8-9H2,(H,14,17). The van der Waals surface area contributed by atoms with Gasteiger partial charge in [0.15, 0.2) is 0 Å². The monoisotopic (exact) mass is 248 g/mol. The summed E-state index contributed by atoms with van der Waals surface area (Å²) in [7, 11) is 0. The molecule has 5 heteroatoms. The van der Waals surface area contributed by atoms with Crippen LogP contribution in [-0.4, -0.2) is 34.9 Å². The zero-order valence-electron chi connectivity index (χ0n) is 10.1. The maximum atomic E-state index is 11.6. The second-order valence-corrected chi connectivity index (χ2v) is 4.37. The van der Waals surface area contributed by atoms with Crippen molar-refractivity contribution in [2.24, 2.45) is 0 Å². The van der Waals surface area contributed by atoms with Gasteiger partial charge in [0.2, 0.25) is 11.8 Å². The van der Waals surface area contributed by atoms with Gasteiger partial charge in [-0.1, -0.05) is 12.1 Å². The number of hydrogen-bond acceptors (Lipinski definition) is 3. The number of hydrogen-bond donors (Lipinski definition) is 2. The van der Waals surface area contributed by atoms with Gasteiger partial charge in [0.1, 0.15) is 5.75 Å². The van der Waals surface area contributed by atoms with Gasteiger partial charge in [-0.25, -0.2) is 0 Å². The molecular formula is C13H16N2O3. The predicted octanol–water partition coefficient (Wildman–Crippen LogP) is 0.631. The lowest BCUT2D eigenvalue weighted by Crippen LogP contribution is -2.37. The summed E-state index contributed by atoms with van der Waals surface area (Å²) in [5, 5.41) is 12.0. The Morgan fingerprint density at radius 2 is 2.28 bits per heavy atom. The van der Waals surface area contributed by atoms with Crippen LogP contribution in [0.1, 0.15) is 18.4 Å². The quantitative estimate of drug-likeness (QED) is 0.821. The molecule has 0 radical (unpaired) electrons. The van der Waals surface area contributed by atoms with Gasteiger partial charge in [-0.3, -0.25) is 9.59 Å². The number of phenolic OH excluding ortho intramolecular Hbond substituents is 1. The molecule has 1 aromatic carbocycles. The fraction of sp³-hybridized carbons (Fsp3) is 0.385. The van der Waals surface area contributed by atoms with Crippen molar-refractivity contribution < 1.29 is 14.7 Å². The molecule has 0 bridgehead atoms. The molecule has 0 aromatic heterocycles. The van der Waals surface area contributed by atoms with Crippen molar-refractivity contribution in [3.63, 3.8) is 0 Å². The Morgan fingerprint density at radius 1 is 1.44 bits per heavy atom. The molecule has 2 N–H and O–H groups in total. The van der Waals surface area contributed by atoms with E-state index in [1.807, 2.05) is 6.07 Å². The summed E-state index contributed by atoms with van der Waals surface area (Å²) in [4.78, 5) is 24.5. The van der Waals surface area contributed by atoms with Crippen molar-refractivity contribution >= 4 is 11.8 Å². The minimum Gasteiger partial charge on any atom is -0.508 e. The van der Waals surface area contributed by atoms with E-state index in [9.17, 15) is 14.7 Å². The van der Waals surface area contributed by atoms with E-state index in [-0.39, 0.29) is 24.1 Å². The summed E-state index contributed by atoms with van der Waals surface area (Å²) in [5.41, 5.74) is 0.830. The number of aromatic hydroxyl groups is 1. The molecular weight excluding hydrogens is 232 g/mol. The normalized spacial score (nSPS) is 14.9. The fourth-order valence-electron chi connectivity index (χ4n) is 1.97. The highest BCUT2D eigenvalue weighted by molar-refractivity contribution is 5.85. The van der Waals surface area contributed by atoms with E-state index >= 15 is 0 Å². The number of rotatable bonds is 4. The zero-order valence-corrected chi connectivity index (χ0v) is 10.1. The predicted molar refractivity (Wildman–Crippen MR) is 65.8 cm³/mol. The van der Waals surface area contributed by atoms with Crippen molar-refractivity contribution in [1.29, 1.82) is 0 Å². The highest BCUT2D eigenvalue weighted by atomic mass is 16.3. The minimum absolute atomic E-state index is 0.0440. The van der Waals surface area contributed by atoms with Crippen LogP contribution in [0.4, 0.5) is 0 Å². The van der Waals surface area contributed by atoms with E-state index in [2.05, 4.69) is 5.32 Å². The smallest absolute Gasteiger partial charge is 0.239 e. The first-order valence-electron chi connectivity index (χ1n) is 5.97. The molecule has 5 nitrogen and oxygen atoms in total. The third kappa shape index (κ3) is 3.23. The van der Waals surface area contributed by atoms with E-state index in [1.165, 1.54) is 0 Å². The summed E-state index contributed by atoms with van der Waals surface area (Å²) in [6.07, 6.45) is 1.37. The topological polar surface area (TPSA) is 69.6 Å². The molecule has 1 aromatic rings. The molecule has 1 heterocycles. The summed E-state index contributed by atoms with van der Waals surface area (Å²) in [5.74, 6) is 0.0487. The first-order chi connectivity index (χ1) is 8.65. The fourth-order valence-corrected chi connectivity index (χ4v) is 1.97. The van der Waals surface area contributed by atoms with Gasteiger partial charge in [0.25, 0.3) is 0 Å². The molecule has 2 amide bonds. The van der Waals surface area contributed by atoms with Crippen LogP contribution >= 0.6 is 0 Å². The second kappa shape index (κ2) is 5.53. The third-order valence-electron chi connectivity index (χ3n) is 2.91. The van der Waals surface area contributed by atoms with Crippen LogP contribution in [0.5, 0.6) is 5.75 Å².